The Morgan fingerprint density at radius 2 is 2.11 bits per heavy atom. The van der Waals surface area contributed by atoms with Crippen LogP contribution in [0.5, 0.6) is 0 Å². The Kier molecular flexibility index (Phi) is 2.53. The van der Waals surface area contributed by atoms with Crippen molar-refractivity contribution in [3.63, 3.8) is 0 Å². The predicted molar refractivity (Wildman–Crippen MR) is 68.8 cm³/mol. The lowest BCUT2D eigenvalue weighted by Crippen LogP contribution is -2.10. The van der Waals surface area contributed by atoms with E-state index in [0.717, 1.165) is 22.6 Å². The molecular formula is C13H13N5. The fourth-order valence-corrected chi connectivity index (χ4v) is 1.92. The van der Waals surface area contributed by atoms with Gasteiger partial charge in [0.05, 0.1) is 5.69 Å². The molecule has 0 aromatic carbocycles. The standard InChI is InChI=1S/C13H13N5/c1-9(14)10-8-12-16-6-7-18(12)17-13(10)11-4-2-3-5-15-11/h2-9H,14H2,1H3. The lowest BCUT2D eigenvalue weighted by atomic mass is 10.1. The lowest BCUT2D eigenvalue weighted by Gasteiger charge is -2.11. The quantitative estimate of drug-likeness (QED) is 0.740. The van der Waals surface area contributed by atoms with E-state index in [1.807, 2.05) is 37.4 Å². The van der Waals surface area contributed by atoms with E-state index in [2.05, 4.69) is 15.1 Å². The first kappa shape index (κ1) is 10.9. The number of nitrogens with zero attached hydrogens (tertiary/aromatic N) is 4. The molecule has 3 rings (SSSR count). The molecule has 3 aromatic heterocycles. The SMILES string of the molecule is CC(N)c1cc2nccn2nc1-c1ccccn1. The van der Waals surface area contributed by atoms with Gasteiger partial charge >= 0.3 is 0 Å². The van der Waals surface area contributed by atoms with Gasteiger partial charge in [-0.15, -0.1) is 0 Å². The molecule has 18 heavy (non-hydrogen) atoms. The highest BCUT2D eigenvalue weighted by molar-refractivity contribution is 5.61. The first-order valence-electron chi connectivity index (χ1n) is 5.77. The molecule has 3 heterocycles. The molecule has 0 fully saturated rings. The van der Waals surface area contributed by atoms with E-state index >= 15 is 0 Å². The molecule has 2 N–H and O–H groups in total. The van der Waals surface area contributed by atoms with E-state index in [1.165, 1.54) is 0 Å². The molecule has 90 valence electrons. The second-order valence-corrected chi connectivity index (χ2v) is 4.18. The zero-order valence-electron chi connectivity index (χ0n) is 9.99. The van der Waals surface area contributed by atoms with Crippen LogP contribution in [0.2, 0.25) is 0 Å². The Balaban J connectivity index is 2.28. The Morgan fingerprint density at radius 1 is 1.22 bits per heavy atom. The Labute approximate surface area is 104 Å². The third kappa shape index (κ3) is 1.74. The second kappa shape index (κ2) is 4.19. The Bertz CT molecular complexity index is 672. The van der Waals surface area contributed by atoms with Crippen molar-refractivity contribution in [2.75, 3.05) is 0 Å². The first-order valence-corrected chi connectivity index (χ1v) is 5.77. The molecule has 5 heteroatoms. The van der Waals surface area contributed by atoms with Crippen LogP contribution in [0.3, 0.4) is 0 Å². The van der Waals surface area contributed by atoms with Crippen molar-refractivity contribution in [1.29, 1.82) is 0 Å². The third-order valence-corrected chi connectivity index (χ3v) is 2.81. The molecule has 0 amide bonds. The van der Waals surface area contributed by atoms with Crippen LogP contribution in [-0.2, 0) is 0 Å². The van der Waals surface area contributed by atoms with Crippen LogP contribution < -0.4 is 5.73 Å². The van der Waals surface area contributed by atoms with E-state index in [9.17, 15) is 0 Å². The molecule has 0 bridgehead atoms. The second-order valence-electron chi connectivity index (χ2n) is 4.18. The van der Waals surface area contributed by atoms with Gasteiger partial charge in [-0.1, -0.05) is 6.07 Å². The molecule has 0 saturated carbocycles. The van der Waals surface area contributed by atoms with Crippen LogP contribution in [0.1, 0.15) is 18.5 Å². The highest BCUT2D eigenvalue weighted by Gasteiger charge is 2.13. The largest absolute Gasteiger partial charge is 0.324 e. The summed E-state index contributed by atoms with van der Waals surface area (Å²) in [5, 5.41) is 4.54. The molecule has 1 atom stereocenters. The number of pyridine rings is 1. The van der Waals surface area contributed by atoms with Gasteiger partial charge in [-0.2, -0.15) is 5.10 Å². The number of imidazole rings is 1. The van der Waals surface area contributed by atoms with Gasteiger partial charge in [-0.25, -0.2) is 9.50 Å². The normalized spacial score (nSPS) is 12.8. The van der Waals surface area contributed by atoms with Gasteiger partial charge in [-0.3, -0.25) is 4.98 Å². The van der Waals surface area contributed by atoms with Crippen LogP contribution in [0, 0.1) is 0 Å². The van der Waals surface area contributed by atoms with Crippen molar-refractivity contribution in [3.05, 3.63) is 48.4 Å². The number of hydrogen-bond donors (Lipinski definition) is 1. The highest BCUT2D eigenvalue weighted by Crippen LogP contribution is 2.24. The van der Waals surface area contributed by atoms with Crippen molar-refractivity contribution < 1.29 is 0 Å². The summed E-state index contributed by atoms with van der Waals surface area (Å²) in [7, 11) is 0. The smallest absolute Gasteiger partial charge is 0.153 e. The molecule has 0 saturated heterocycles. The fraction of sp³-hybridized carbons (Fsp3) is 0.154. The number of aromatic nitrogens is 4. The van der Waals surface area contributed by atoms with E-state index in [1.54, 1.807) is 16.9 Å². The molecule has 3 aromatic rings. The summed E-state index contributed by atoms with van der Waals surface area (Å²) in [6.07, 6.45) is 5.28. The summed E-state index contributed by atoms with van der Waals surface area (Å²) < 4.78 is 1.73. The van der Waals surface area contributed by atoms with Crippen molar-refractivity contribution in [3.8, 4) is 11.4 Å². The number of fused-ring (bicyclic) bond motifs is 1. The van der Waals surface area contributed by atoms with Crippen LogP contribution in [-0.4, -0.2) is 19.6 Å². The minimum Gasteiger partial charge on any atom is -0.324 e. The molecule has 5 nitrogen and oxygen atoms in total. The van der Waals surface area contributed by atoms with Gasteiger partial charge in [0.25, 0.3) is 0 Å². The van der Waals surface area contributed by atoms with Crippen molar-refractivity contribution in [1.82, 2.24) is 19.6 Å². The molecular weight excluding hydrogens is 226 g/mol. The molecule has 0 aliphatic carbocycles. The number of rotatable bonds is 2. The number of nitrogens with two attached hydrogens (primary N) is 1. The summed E-state index contributed by atoms with van der Waals surface area (Å²) in [5.41, 5.74) is 9.37. The highest BCUT2D eigenvalue weighted by atomic mass is 15.2. The van der Waals surface area contributed by atoms with Gasteiger partial charge < -0.3 is 5.73 Å². The summed E-state index contributed by atoms with van der Waals surface area (Å²) in [5.74, 6) is 0. The third-order valence-electron chi connectivity index (χ3n) is 2.81. The average molecular weight is 239 g/mol. The topological polar surface area (TPSA) is 69.1 Å². The summed E-state index contributed by atoms with van der Waals surface area (Å²) in [6.45, 7) is 1.93. The lowest BCUT2D eigenvalue weighted by molar-refractivity contribution is 0.797. The van der Waals surface area contributed by atoms with Crippen molar-refractivity contribution in [2.24, 2.45) is 5.73 Å². The monoisotopic (exact) mass is 239 g/mol. The average Bonchev–Trinajstić information content (AvgIpc) is 2.85. The van der Waals surface area contributed by atoms with E-state index in [4.69, 9.17) is 5.73 Å². The van der Waals surface area contributed by atoms with Gasteiger partial charge in [0.1, 0.15) is 5.69 Å². The van der Waals surface area contributed by atoms with Crippen LogP contribution in [0.4, 0.5) is 0 Å². The maximum atomic E-state index is 6.01. The van der Waals surface area contributed by atoms with E-state index in [0.29, 0.717) is 0 Å². The Hall–Kier alpha value is -2.27. The van der Waals surface area contributed by atoms with Crippen LogP contribution >= 0.6 is 0 Å². The Morgan fingerprint density at radius 3 is 2.83 bits per heavy atom. The van der Waals surface area contributed by atoms with E-state index in [-0.39, 0.29) is 6.04 Å². The van der Waals surface area contributed by atoms with Gasteiger partial charge in [0.2, 0.25) is 0 Å². The van der Waals surface area contributed by atoms with Gasteiger partial charge in [0.15, 0.2) is 5.65 Å². The first-order chi connectivity index (χ1) is 8.75. The zero-order valence-corrected chi connectivity index (χ0v) is 9.99. The number of hydrogen-bond acceptors (Lipinski definition) is 4. The molecule has 0 aliphatic rings. The maximum absolute atomic E-state index is 6.01. The minimum absolute atomic E-state index is 0.115. The summed E-state index contributed by atoms with van der Waals surface area (Å²) >= 11 is 0. The van der Waals surface area contributed by atoms with Gasteiger partial charge in [0, 0.05) is 30.2 Å². The molecule has 0 aliphatic heterocycles. The van der Waals surface area contributed by atoms with Crippen LogP contribution in [0.15, 0.2) is 42.9 Å². The van der Waals surface area contributed by atoms with Gasteiger partial charge in [-0.05, 0) is 25.1 Å². The molecule has 0 radical (unpaired) electrons. The fourth-order valence-electron chi connectivity index (χ4n) is 1.92. The predicted octanol–water partition coefficient (Wildman–Crippen LogP) is 1.81. The summed E-state index contributed by atoms with van der Waals surface area (Å²) in [6, 6.07) is 7.59. The maximum Gasteiger partial charge on any atom is 0.153 e. The van der Waals surface area contributed by atoms with E-state index < -0.39 is 0 Å². The molecule has 0 spiro atoms. The minimum atomic E-state index is -0.115. The summed E-state index contributed by atoms with van der Waals surface area (Å²) in [4.78, 5) is 8.55. The molecule has 1 unspecified atom stereocenters. The van der Waals surface area contributed by atoms with Crippen LogP contribution in [0.25, 0.3) is 17.0 Å². The zero-order chi connectivity index (χ0) is 12.5. The van der Waals surface area contributed by atoms with Crippen molar-refractivity contribution in [2.45, 2.75) is 13.0 Å². The van der Waals surface area contributed by atoms with Crippen molar-refractivity contribution >= 4 is 5.65 Å².